The van der Waals surface area contributed by atoms with Gasteiger partial charge in [-0.05, 0) is 58.5 Å². The molecule has 0 aromatic heterocycles. The molecule has 0 aromatic rings. The van der Waals surface area contributed by atoms with Gasteiger partial charge in [0.15, 0.2) is 0 Å². The SMILES string of the molecule is C[Si](C)(C)OC(=O)/C=C/CCCCCCCCC(=O)O[Si](C)(C)C. The lowest BCUT2D eigenvalue weighted by atomic mass is 10.1. The summed E-state index contributed by atoms with van der Waals surface area (Å²) in [6.45, 7) is 12.1. The average Bonchev–Trinajstić information content (AvgIpc) is 2.36. The molecule has 140 valence electrons. The Bertz CT molecular complexity index is 406. The van der Waals surface area contributed by atoms with Crippen molar-refractivity contribution in [3.8, 4) is 0 Å². The number of allylic oxidation sites excluding steroid dienone is 1. The summed E-state index contributed by atoms with van der Waals surface area (Å²) < 4.78 is 10.8. The van der Waals surface area contributed by atoms with Gasteiger partial charge in [-0.25, -0.2) is 4.79 Å². The van der Waals surface area contributed by atoms with Crippen LogP contribution in [0.25, 0.3) is 0 Å². The van der Waals surface area contributed by atoms with E-state index in [0.717, 1.165) is 38.5 Å². The summed E-state index contributed by atoms with van der Waals surface area (Å²) in [5.74, 6) is -0.246. The first kappa shape index (κ1) is 23.1. The fraction of sp³-hybridized carbons (Fsp3) is 0.778. The second-order valence-corrected chi connectivity index (χ2v) is 17.0. The Morgan fingerprint density at radius 2 is 1.25 bits per heavy atom. The topological polar surface area (TPSA) is 52.6 Å². The minimum absolute atomic E-state index is 0.0375. The largest absolute Gasteiger partial charge is 0.520 e. The summed E-state index contributed by atoms with van der Waals surface area (Å²) in [4.78, 5) is 23.1. The average molecular weight is 373 g/mol. The van der Waals surface area contributed by atoms with Crippen molar-refractivity contribution >= 4 is 28.6 Å². The third-order valence-electron chi connectivity index (χ3n) is 3.08. The van der Waals surface area contributed by atoms with Crippen LogP contribution >= 0.6 is 0 Å². The minimum atomic E-state index is -1.77. The highest BCUT2D eigenvalue weighted by molar-refractivity contribution is 6.71. The molecule has 0 aliphatic carbocycles. The number of hydrogen-bond acceptors (Lipinski definition) is 4. The van der Waals surface area contributed by atoms with Crippen molar-refractivity contribution < 1.29 is 18.4 Å². The highest BCUT2D eigenvalue weighted by Gasteiger charge is 2.19. The van der Waals surface area contributed by atoms with E-state index >= 15 is 0 Å². The molecule has 0 amide bonds. The normalized spacial score (nSPS) is 12.4. The lowest BCUT2D eigenvalue weighted by molar-refractivity contribution is -0.135. The molecule has 0 saturated heterocycles. The van der Waals surface area contributed by atoms with Crippen molar-refractivity contribution in [3.05, 3.63) is 12.2 Å². The zero-order valence-electron chi connectivity index (χ0n) is 16.4. The highest BCUT2D eigenvalue weighted by atomic mass is 28.4. The van der Waals surface area contributed by atoms with Crippen molar-refractivity contribution in [3.63, 3.8) is 0 Å². The predicted molar refractivity (Wildman–Crippen MR) is 105 cm³/mol. The van der Waals surface area contributed by atoms with E-state index in [1.54, 1.807) is 6.08 Å². The van der Waals surface area contributed by atoms with E-state index in [1.807, 2.05) is 45.4 Å². The molecule has 0 N–H and O–H groups in total. The second-order valence-electron chi connectivity index (χ2n) is 8.18. The van der Waals surface area contributed by atoms with Crippen LogP contribution in [0.5, 0.6) is 0 Å². The third kappa shape index (κ3) is 17.5. The van der Waals surface area contributed by atoms with Gasteiger partial charge in [-0.3, -0.25) is 4.79 Å². The van der Waals surface area contributed by atoms with Crippen LogP contribution in [-0.2, 0) is 18.4 Å². The first-order chi connectivity index (χ1) is 11.0. The van der Waals surface area contributed by atoms with Crippen LogP contribution in [0.1, 0.15) is 51.4 Å². The van der Waals surface area contributed by atoms with Crippen LogP contribution < -0.4 is 0 Å². The molecular formula is C18H36O4Si2. The summed E-state index contributed by atoms with van der Waals surface area (Å²) in [7, 11) is -3.49. The lowest BCUT2D eigenvalue weighted by Gasteiger charge is -2.17. The molecule has 0 aromatic carbocycles. The predicted octanol–water partition coefficient (Wildman–Crippen LogP) is 5.42. The molecule has 24 heavy (non-hydrogen) atoms. The van der Waals surface area contributed by atoms with Gasteiger partial charge in [0, 0.05) is 12.5 Å². The standard InChI is InChI=1S/C18H36O4Si2/c1-23(2,3)21-17(19)15-13-11-9-7-8-10-12-14-16-18(20)22-24(4,5)6/h13,15H,7-12,14,16H2,1-6H3/b15-13+. The van der Waals surface area contributed by atoms with E-state index in [4.69, 9.17) is 8.85 Å². The molecule has 0 saturated carbocycles. The number of carbonyl (C=O) groups excluding carboxylic acids is 2. The molecule has 0 spiro atoms. The van der Waals surface area contributed by atoms with Crippen LogP contribution in [0.4, 0.5) is 0 Å². The third-order valence-corrected chi connectivity index (χ3v) is 4.74. The maximum atomic E-state index is 11.6. The molecule has 0 atom stereocenters. The Balaban J connectivity index is 3.49. The molecule has 4 nitrogen and oxygen atoms in total. The van der Waals surface area contributed by atoms with E-state index in [-0.39, 0.29) is 11.9 Å². The molecule has 6 heteroatoms. The number of hydrogen-bond donors (Lipinski definition) is 0. The van der Waals surface area contributed by atoms with Gasteiger partial charge in [-0.15, -0.1) is 0 Å². The number of unbranched alkanes of at least 4 members (excludes halogenated alkanes) is 6. The fourth-order valence-electron chi connectivity index (χ4n) is 2.15. The number of rotatable bonds is 12. The summed E-state index contributed by atoms with van der Waals surface area (Å²) in [6.07, 6.45) is 11.5. The van der Waals surface area contributed by atoms with Crippen molar-refractivity contribution in [2.75, 3.05) is 0 Å². The highest BCUT2D eigenvalue weighted by Crippen LogP contribution is 2.11. The number of carbonyl (C=O) groups is 2. The van der Waals surface area contributed by atoms with Crippen LogP contribution in [0, 0.1) is 0 Å². The van der Waals surface area contributed by atoms with Crippen LogP contribution in [-0.4, -0.2) is 28.6 Å². The second kappa shape index (κ2) is 11.6. The lowest BCUT2D eigenvalue weighted by Crippen LogP contribution is -2.28. The molecule has 0 rings (SSSR count). The molecule has 0 fully saturated rings. The van der Waals surface area contributed by atoms with Gasteiger partial charge in [0.2, 0.25) is 16.6 Å². The Kier molecular flexibility index (Phi) is 11.2. The van der Waals surface area contributed by atoms with Crippen molar-refractivity contribution in [2.45, 2.75) is 90.6 Å². The van der Waals surface area contributed by atoms with Gasteiger partial charge in [-0.2, -0.15) is 0 Å². The Morgan fingerprint density at radius 1 is 0.750 bits per heavy atom. The zero-order valence-corrected chi connectivity index (χ0v) is 18.4. The summed E-state index contributed by atoms with van der Waals surface area (Å²) in [6, 6.07) is 0. The van der Waals surface area contributed by atoms with Gasteiger partial charge in [0.05, 0.1) is 0 Å². The molecule has 0 unspecified atom stereocenters. The zero-order chi connectivity index (χ0) is 18.6. The molecule has 0 aliphatic heterocycles. The van der Waals surface area contributed by atoms with Gasteiger partial charge >= 0.3 is 5.97 Å². The van der Waals surface area contributed by atoms with E-state index in [1.165, 1.54) is 6.42 Å². The van der Waals surface area contributed by atoms with Gasteiger partial charge in [-0.1, -0.05) is 31.8 Å². The first-order valence-corrected chi connectivity index (χ1v) is 15.9. The molecule has 0 aliphatic rings. The van der Waals surface area contributed by atoms with Crippen molar-refractivity contribution in [1.29, 1.82) is 0 Å². The summed E-state index contributed by atoms with van der Waals surface area (Å²) in [5, 5.41) is 0. The fourth-order valence-corrected chi connectivity index (χ4v) is 3.60. The summed E-state index contributed by atoms with van der Waals surface area (Å²) >= 11 is 0. The van der Waals surface area contributed by atoms with E-state index < -0.39 is 16.6 Å². The van der Waals surface area contributed by atoms with E-state index in [0.29, 0.717) is 6.42 Å². The van der Waals surface area contributed by atoms with Gasteiger partial charge in [0.25, 0.3) is 5.97 Å². The Labute approximate surface area is 150 Å². The monoisotopic (exact) mass is 372 g/mol. The van der Waals surface area contributed by atoms with E-state index in [9.17, 15) is 9.59 Å². The smallest absolute Gasteiger partial charge is 0.317 e. The molecule has 0 heterocycles. The minimum Gasteiger partial charge on any atom is -0.520 e. The van der Waals surface area contributed by atoms with Gasteiger partial charge in [0.1, 0.15) is 0 Å². The van der Waals surface area contributed by atoms with Crippen LogP contribution in [0.15, 0.2) is 12.2 Å². The summed E-state index contributed by atoms with van der Waals surface area (Å²) in [5.41, 5.74) is 0. The molecule has 0 radical (unpaired) electrons. The van der Waals surface area contributed by atoms with Crippen LogP contribution in [0.3, 0.4) is 0 Å². The quantitative estimate of drug-likeness (QED) is 0.261. The first-order valence-electron chi connectivity index (χ1n) is 9.11. The maximum absolute atomic E-state index is 11.6. The maximum Gasteiger partial charge on any atom is 0.317 e. The van der Waals surface area contributed by atoms with Crippen molar-refractivity contribution in [2.24, 2.45) is 0 Å². The Hall–Kier alpha value is -0.886. The van der Waals surface area contributed by atoms with Crippen molar-refractivity contribution in [1.82, 2.24) is 0 Å². The molecule has 0 bridgehead atoms. The van der Waals surface area contributed by atoms with Gasteiger partial charge < -0.3 is 8.85 Å². The van der Waals surface area contributed by atoms with Crippen LogP contribution in [0.2, 0.25) is 39.3 Å². The molecular weight excluding hydrogens is 336 g/mol. The van der Waals surface area contributed by atoms with E-state index in [2.05, 4.69) is 0 Å². The Morgan fingerprint density at radius 3 is 1.79 bits per heavy atom.